The highest BCUT2D eigenvalue weighted by Gasteiger charge is 2.48. The van der Waals surface area contributed by atoms with Crippen molar-refractivity contribution in [1.82, 2.24) is 5.32 Å². The topological polar surface area (TPSA) is 203 Å². The van der Waals surface area contributed by atoms with E-state index in [1.54, 1.807) is 0 Å². The molecule has 1 saturated heterocycles. The molecule has 5 N–H and O–H groups in total. The molecular formula is C36H53BN2O12. The van der Waals surface area contributed by atoms with E-state index in [2.05, 4.69) is 57.2 Å². The van der Waals surface area contributed by atoms with E-state index in [-0.39, 0.29) is 44.3 Å². The number of amides is 1. The molecular weight excluding hydrogens is 663 g/mol. The van der Waals surface area contributed by atoms with Gasteiger partial charge in [-0.25, -0.2) is 4.79 Å². The molecule has 2 radical (unpaired) electrons. The fraction of sp³-hybridized carbons (Fsp3) is 0.611. The number of hydrogen-bond acceptors (Lipinski definition) is 12. The van der Waals surface area contributed by atoms with Crippen molar-refractivity contribution in [3.8, 4) is 5.75 Å². The van der Waals surface area contributed by atoms with Crippen LogP contribution in [-0.2, 0) is 30.4 Å². The number of rotatable bonds is 20. The third kappa shape index (κ3) is 16.4. The first kappa shape index (κ1) is 43.4. The van der Waals surface area contributed by atoms with Crippen molar-refractivity contribution in [2.75, 3.05) is 26.4 Å². The Labute approximate surface area is 301 Å². The summed E-state index contributed by atoms with van der Waals surface area (Å²) in [5.74, 6) is -3.43. The van der Waals surface area contributed by atoms with Gasteiger partial charge in [0.15, 0.2) is 6.10 Å². The standard InChI is InChI=1S/C36H53BN2O12/c1-22(8-7-9-23(2)14-15-36(4,5)6)10-11-24(3)39-49-19-18-47-17-16-38-32(43)26-20-25(21-48-35(37)46)12-13-27(26)50-34-30(42)28(40)29(41)31(51-34)33(44)45/h8,12-14,20,28-31,34,40-42H,7,9-11,15-19,21H2,1-6H3,(H,38,43)(H,44,45)/b22-8+,23-14+,39-24+/t28-,29-,30+,31-,34+/m0/s1. The first-order valence-electron chi connectivity index (χ1n) is 17.0. The summed E-state index contributed by atoms with van der Waals surface area (Å²) in [7, 11) is 5.04. The van der Waals surface area contributed by atoms with E-state index in [0.717, 1.165) is 37.8 Å². The van der Waals surface area contributed by atoms with Crippen molar-refractivity contribution < 1.29 is 58.6 Å². The van der Waals surface area contributed by atoms with Crippen LogP contribution in [0.5, 0.6) is 5.75 Å². The zero-order chi connectivity index (χ0) is 38.1. The molecule has 1 amide bonds. The van der Waals surface area contributed by atoms with Crippen molar-refractivity contribution in [2.45, 2.75) is 111 Å². The predicted molar refractivity (Wildman–Crippen MR) is 190 cm³/mol. The summed E-state index contributed by atoms with van der Waals surface area (Å²) in [6.07, 6.45) is 0.118. The zero-order valence-corrected chi connectivity index (χ0v) is 30.4. The second kappa shape index (κ2) is 21.6. The summed E-state index contributed by atoms with van der Waals surface area (Å²) in [5.41, 5.74) is 4.17. The number of carboxylic acids is 1. The molecule has 51 heavy (non-hydrogen) atoms. The number of aliphatic carboxylic acids is 1. The van der Waals surface area contributed by atoms with E-state index in [4.69, 9.17) is 31.6 Å². The Balaban J connectivity index is 1.82. The third-order valence-electron chi connectivity index (χ3n) is 7.77. The number of carbonyl (C=O) groups is 3. The Hall–Kier alpha value is -3.76. The Morgan fingerprint density at radius 3 is 2.33 bits per heavy atom. The Morgan fingerprint density at radius 1 is 0.961 bits per heavy atom. The maximum atomic E-state index is 13.1. The number of nitrogens with zero attached hydrogens (tertiary/aromatic N) is 1. The highest BCUT2D eigenvalue weighted by molar-refractivity contribution is 6.55. The van der Waals surface area contributed by atoms with Gasteiger partial charge in [-0.1, -0.05) is 55.3 Å². The normalized spacial score (nSPS) is 21.6. The number of hydrogen-bond donors (Lipinski definition) is 5. The number of aliphatic hydroxyl groups is 3. The van der Waals surface area contributed by atoms with Gasteiger partial charge in [-0.3, -0.25) is 9.59 Å². The Kier molecular flexibility index (Phi) is 18.4. The van der Waals surface area contributed by atoms with Crippen molar-refractivity contribution in [3.05, 3.63) is 52.6 Å². The van der Waals surface area contributed by atoms with Crippen molar-refractivity contribution >= 4 is 31.3 Å². The molecule has 1 aliphatic heterocycles. The summed E-state index contributed by atoms with van der Waals surface area (Å²) in [4.78, 5) is 41.0. The van der Waals surface area contributed by atoms with Gasteiger partial charge in [0.1, 0.15) is 37.3 Å². The van der Waals surface area contributed by atoms with Gasteiger partial charge in [-0.15, -0.1) is 0 Å². The molecule has 282 valence electrons. The molecule has 1 fully saturated rings. The number of carbonyl (C=O) groups excluding carboxylic acids is 2. The number of aliphatic hydroxyl groups excluding tert-OH is 3. The van der Waals surface area contributed by atoms with E-state index >= 15 is 0 Å². The highest BCUT2D eigenvalue weighted by atomic mass is 16.7. The molecule has 0 aliphatic carbocycles. The number of benzene rings is 1. The van der Waals surface area contributed by atoms with Crippen LogP contribution >= 0.6 is 0 Å². The van der Waals surface area contributed by atoms with Crippen molar-refractivity contribution in [2.24, 2.45) is 10.6 Å². The second-order valence-electron chi connectivity index (χ2n) is 13.7. The van der Waals surface area contributed by atoms with Gasteiger partial charge in [0, 0.05) is 6.54 Å². The quantitative estimate of drug-likeness (QED) is 0.0430. The van der Waals surface area contributed by atoms with Crippen LogP contribution in [-0.4, -0.2) is 109 Å². The lowest BCUT2D eigenvalue weighted by Gasteiger charge is -2.38. The Bertz CT molecular complexity index is 1390. The maximum Gasteiger partial charge on any atom is 0.335 e. The number of carboxylic acid groups (broad SMARTS) is 1. The molecule has 0 bridgehead atoms. The van der Waals surface area contributed by atoms with E-state index < -0.39 is 48.5 Å². The monoisotopic (exact) mass is 716 g/mol. The molecule has 0 spiro atoms. The van der Waals surface area contributed by atoms with Crippen LogP contribution in [0.25, 0.3) is 0 Å². The minimum Gasteiger partial charge on any atom is -0.479 e. The summed E-state index contributed by atoms with van der Waals surface area (Å²) >= 11 is 0. The van der Waals surface area contributed by atoms with E-state index in [9.17, 15) is 34.8 Å². The van der Waals surface area contributed by atoms with Crippen LogP contribution in [0, 0.1) is 5.41 Å². The van der Waals surface area contributed by atoms with Gasteiger partial charge in [-0.05, 0) is 76.0 Å². The molecule has 0 saturated carbocycles. The average molecular weight is 717 g/mol. The molecule has 1 aliphatic rings. The van der Waals surface area contributed by atoms with Crippen molar-refractivity contribution in [1.29, 1.82) is 0 Å². The maximum absolute atomic E-state index is 13.1. The minimum absolute atomic E-state index is 0.0780. The summed E-state index contributed by atoms with van der Waals surface area (Å²) in [5, 5.41) is 46.5. The first-order valence-corrected chi connectivity index (χ1v) is 17.0. The van der Waals surface area contributed by atoms with Crippen molar-refractivity contribution in [3.63, 3.8) is 0 Å². The lowest BCUT2D eigenvalue weighted by atomic mass is 9.91. The van der Waals surface area contributed by atoms with Gasteiger partial charge < -0.3 is 49.5 Å². The smallest absolute Gasteiger partial charge is 0.335 e. The van der Waals surface area contributed by atoms with Gasteiger partial charge in [0.2, 0.25) is 20.0 Å². The SMILES string of the molecule is [B]C(=O)OCc1ccc(O[C@@H]2O[C@H](C(=O)O)[C@@H](O)[C@H](O)[C@H]2O)c(C(=O)NCCOCCO/N=C(\C)CC/C(C)=C/CC/C(C)=C/CC(C)(C)C)c1. The lowest BCUT2D eigenvalue weighted by Crippen LogP contribution is -2.61. The summed E-state index contributed by atoms with van der Waals surface area (Å²) in [6.45, 7) is 13.3. The number of ether oxygens (including phenoxy) is 4. The minimum atomic E-state index is -1.92. The number of nitrogens with one attached hydrogen (secondary N) is 1. The second-order valence-corrected chi connectivity index (χ2v) is 13.7. The Morgan fingerprint density at radius 2 is 1.67 bits per heavy atom. The summed E-state index contributed by atoms with van der Waals surface area (Å²) < 4.78 is 21.1. The lowest BCUT2D eigenvalue weighted by molar-refractivity contribution is -0.271. The van der Waals surface area contributed by atoms with Gasteiger partial charge in [0.25, 0.3) is 5.91 Å². The van der Waals surface area contributed by atoms with Crippen LogP contribution < -0.4 is 10.1 Å². The molecule has 2 rings (SSSR count). The van der Waals surface area contributed by atoms with Gasteiger partial charge >= 0.3 is 5.97 Å². The predicted octanol–water partition coefficient (Wildman–Crippen LogP) is 3.79. The average Bonchev–Trinajstić information content (AvgIpc) is 3.06. The fourth-order valence-electron chi connectivity index (χ4n) is 4.72. The molecule has 15 heteroatoms. The van der Waals surface area contributed by atoms with Gasteiger partial charge in [0.05, 0.1) is 24.5 Å². The van der Waals surface area contributed by atoms with E-state index in [0.29, 0.717) is 11.0 Å². The molecule has 0 unspecified atom stereocenters. The fourth-order valence-corrected chi connectivity index (χ4v) is 4.72. The van der Waals surface area contributed by atoms with Crippen LogP contribution in [0.4, 0.5) is 4.79 Å². The number of oxime groups is 1. The third-order valence-corrected chi connectivity index (χ3v) is 7.77. The highest BCUT2D eigenvalue weighted by Crippen LogP contribution is 2.28. The van der Waals surface area contributed by atoms with Crippen LogP contribution in [0.15, 0.2) is 46.7 Å². The van der Waals surface area contributed by atoms with E-state index in [1.807, 2.05) is 6.92 Å². The van der Waals surface area contributed by atoms with Crippen LogP contribution in [0.1, 0.15) is 89.6 Å². The molecule has 14 nitrogen and oxygen atoms in total. The summed E-state index contributed by atoms with van der Waals surface area (Å²) in [6, 6.07) is 4.08. The van der Waals surface area contributed by atoms with Crippen LogP contribution in [0.2, 0.25) is 0 Å². The molecule has 1 aromatic carbocycles. The molecule has 5 atom stereocenters. The molecule has 1 aromatic rings. The first-order chi connectivity index (χ1) is 24.0. The number of allylic oxidation sites excluding steroid dienone is 4. The van der Waals surface area contributed by atoms with E-state index in [1.165, 1.54) is 29.3 Å². The largest absolute Gasteiger partial charge is 0.479 e. The van der Waals surface area contributed by atoms with Crippen LogP contribution in [0.3, 0.4) is 0 Å². The molecule has 0 aromatic heterocycles. The zero-order valence-electron chi connectivity index (χ0n) is 30.4. The molecule has 1 heterocycles. The van der Waals surface area contributed by atoms with Gasteiger partial charge in [-0.2, -0.15) is 0 Å².